The summed E-state index contributed by atoms with van der Waals surface area (Å²) in [5.74, 6) is 0.433. The Labute approximate surface area is 118 Å². The molecule has 1 N–H and O–H groups in total. The molecule has 0 aliphatic heterocycles. The van der Waals surface area contributed by atoms with Crippen molar-refractivity contribution in [2.45, 2.75) is 38.6 Å². The largest absolute Gasteiger partial charge is 0.348 e. The van der Waals surface area contributed by atoms with Gasteiger partial charge in [-0.05, 0) is 30.9 Å². The number of amides is 1. The first-order valence-electron chi connectivity index (χ1n) is 7.27. The molecule has 0 bridgehead atoms. The van der Waals surface area contributed by atoms with Crippen LogP contribution in [0.25, 0.3) is 11.0 Å². The molecule has 1 fully saturated rings. The number of hydrogen-bond donors (Lipinski definition) is 1. The van der Waals surface area contributed by atoms with E-state index in [4.69, 9.17) is 0 Å². The van der Waals surface area contributed by atoms with E-state index in [0.717, 1.165) is 17.5 Å². The Balaban J connectivity index is 1.78. The number of benzene rings is 1. The molecule has 1 aromatic carbocycles. The molecule has 1 aliphatic carbocycles. The molecular formula is C16H19N3O. The standard InChI is InChI=1S/C16H19N3O/c1-11-6-2-3-7-12(11)19-16(20)15-10-17-13-8-4-5-9-14(13)18-15/h4-5,8-12H,2-3,6-7H2,1H3,(H,19,20)/t11-,12-/m1/s1. The van der Waals surface area contributed by atoms with Crippen molar-refractivity contribution in [3.63, 3.8) is 0 Å². The Morgan fingerprint density at radius 1 is 1.20 bits per heavy atom. The Morgan fingerprint density at radius 2 is 1.95 bits per heavy atom. The lowest BCUT2D eigenvalue weighted by atomic mass is 9.86. The smallest absolute Gasteiger partial charge is 0.271 e. The zero-order valence-corrected chi connectivity index (χ0v) is 11.7. The highest BCUT2D eigenvalue weighted by molar-refractivity contribution is 5.93. The molecule has 2 atom stereocenters. The summed E-state index contributed by atoms with van der Waals surface area (Å²) in [7, 11) is 0. The number of carbonyl (C=O) groups is 1. The minimum atomic E-state index is -0.109. The van der Waals surface area contributed by atoms with Gasteiger partial charge in [0.2, 0.25) is 0 Å². The first kappa shape index (κ1) is 13.0. The third kappa shape index (κ3) is 2.64. The fraction of sp³-hybridized carbons (Fsp3) is 0.438. The van der Waals surface area contributed by atoms with Crippen LogP contribution in [0, 0.1) is 5.92 Å². The maximum atomic E-state index is 12.3. The summed E-state index contributed by atoms with van der Waals surface area (Å²) < 4.78 is 0. The average molecular weight is 269 g/mol. The second kappa shape index (κ2) is 5.57. The fourth-order valence-corrected chi connectivity index (χ4v) is 2.84. The molecule has 2 aromatic rings. The predicted molar refractivity (Wildman–Crippen MR) is 78.4 cm³/mol. The van der Waals surface area contributed by atoms with Gasteiger partial charge in [0.05, 0.1) is 17.2 Å². The number of aromatic nitrogens is 2. The lowest BCUT2D eigenvalue weighted by molar-refractivity contribution is 0.0905. The fourth-order valence-electron chi connectivity index (χ4n) is 2.84. The van der Waals surface area contributed by atoms with Gasteiger partial charge in [0.15, 0.2) is 0 Å². The molecule has 4 nitrogen and oxygen atoms in total. The first-order valence-corrected chi connectivity index (χ1v) is 7.27. The van der Waals surface area contributed by atoms with Crippen LogP contribution in [-0.4, -0.2) is 21.9 Å². The van der Waals surface area contributed by atoms with E-state index in [1.54, 1.807) is 6.20 Å². The van der Waals surface area contributed by atoms with Gasteiger partial charge >= 0.3 is 0 Å². The molecule has 20 heavy (non-hydrogen) atoms. The van der Waals surface area contributed by atoms with Gasteiger partial charge in [0.25, 0.3) is 5.91 Å². The van der Waals surface area contributed by atoms with Crippen LogP contribution in [0.1, 0.15) is 43.1 Å². The van der Waals surface area contributed by atoms with Gasteiger partial charge in [-0.3, -0.25) is 9.78 Å². The van der Waals surface area contributed by atoms with Crippen molar-refractivity contribution in [1.29, 1.82) is 0 Å². The van der Waals surface area contributed by atoms with Crippen LogP contribution in [0.5, 0.6) is 0 Å². The molecule has 4 heteroatoms. The highest BCUT2D eigenvalue weighted by atomic mass is 16.1. The van der Waals surface area contributed by atoms with E-state index < -0.39 is 0 Å². The molecule has 0 spiro atoms. The van der Waals surface area contributed by atoms with Crippen LogP contribution in [0.4, 0.5) is 0 Å². The summed E-state index contributed by atoms with van der Waals surface area (Å²) in [6, 6.07) is 7.86. The van der Waals surface area contributed by atoms with E-state index in [1.807, 2.05) is 24.3 Å². The van der Waals surface area contributed by atoms with Crippen LogP contribution >= 0.6 is 0 Å². The predicted octanol–water partition coefficient (Wildman–Crippen LogP) is 2.94. The van der Waals surface area contributed by atoms with Crippen molar-refractivity contribution in [3.05, 3.63) is 36.2 Å². The minimum absolute atomic E-state index is 0.109. The number of carbonyl (C=O) groups excluding carboxylic acids is 1. The number of hydrogen-bond acceptors (Lipinski definition) is 3. The molecular weight excluding hydrogens is 250 g/mol. The maximum absolute atomic E-state index is 12.3. The maximum Gasteiger partial charge on any atom is 0.271 e. The summed E-state index contributed by atoms with van der Waals surface area (Å²) in [6.07, 6.45) is 6.27. The SMILES string of the molecule is C[C@@H]1CCCC[C@H]1NC(=O)c1cnc2ccccc2n1. The Kier molecular flexibility index (Phi) is 3.63. The minimum Gasteiger partial charge on any atom is -0.348 e. The van der Waals surface area contributed by atoms with Crippen LogP contribution in [0.15, 0.2) is 30.5 Å². The van der Waals surface area contributed by atoms with Gasteiger partial charge in [-0.1, -0.05) is 31.9 Å². The normalized spacial score (nSPS) is 22.6. The second-order valence-electron chi connectivity index (χ2n) is 5.59. The van der Waals surface area contributed by atoms with Gasteiger partial charge < -0.3 is 5.32 Å². The summed E-state index contributed by atoms with van der Waals surface area (Å²) in [5.41, 5.74) is 1.98. The van der Waals surface area contributed by atoms with Crippen molar-refractivity contribution >= 4 is 16.9 Å². The third-order valence-electron chi connectivity index (χ3n) is 4.11. The zero-order chi connectivity index (χ0) is 13.9. The topological polar surface area (TPSA) is 54.9 Å². The van der Waals surface area contributed by atoms with E-state index in [9.17, 15) is 4.79 Å². The summed E-state index contributed by atoms with van der Waals surface area (Å²) in [6.45, 7) is 2.20. The summed E-state index contributed by atoms with van der Waals surface area (Å²) in [4.78, 5) is 21.0. The number of nitrogens with zero attached hydrogens (tertiary/aromatic N) is 2. The lowest BCUT2D eigenvalue weighted by Crippen LogP contribution is -2.41. The molecule has 1 aliphatic rings. The number of nitrogens with one attached hydrogen (secondary N) is 1. The van der Waals surface area contributed by atoms with E-state index in [-0.39, 0.29) is 11.9 Å². The van der Waals surface area contributed by atoms with Crippen LogP contribution in [-0.2, 0) is 0 Å². The number of fused-ring (bicyclic) bond motifs is 1. The van der Waals surface area contributed by atoms with Crippen molar-refractivity contribution in [2.24, 2.45) is 5.92 Å². The molecule has 104 valence electrons. The Bertz CT molecular complexity index is 626. The van der Waals surface area contributed by atoms with Gasteiger partial charge in [-0.15, -0.1) is 0 Å². The van der Waals surface area contributed by atoms with Gasteiger partial charge in [0.1, 0.15) is 5.69 Å². The molecule has 1 amide bonds. The molecule has 1 aromatic heterocycles. The Morgan fingerprint density at radius 3 is 2.75 bits per heavy atom. The second-order valence-corrected chi connectivity index (χ2v) is 5.59. The van der Waals surface area contributed by atoms with E-state index in [0.29, 0.717) is 11.6 Å². The Hall–Kier alpha value is -1.97. The molecule has 1 heterocycles. The third-order valence-corrected chi connectivity index (χ3v) is 4.11. The molecule has 0 unspecified atom stereocenters. The van der Waals surface area contributed by atoms with Gasteiger partial charge in [-0.2, -0.15) is 0 Å². The van der Waals surface area contributed by atoms with Crippen molar-refractivity contribution in [2.75, 3.05) is 0 Å². The monoisotopic (exact) mass is 269 g/mol. The van der Waals surface area contributed by atoms with E-state index in [1.165, 1.54) is 19.3 Å². The van der Waals surface area contributed by atoms with Crippen molar-refractivity contribution < 1.29 is 4.79 Å². The number of para-hydroxylation sites is 2. The van der Waals surface area contributed by atoms with Crippen molar-refractivity contribution in [3.8, 4) is 0 Å². The molecule has 0 saturated heterocycles. The van der Waals surface area contributed by atoms with Gasteiger partial charge in [-0.25, -0.2) is 4.98 Å². The zero-order valence-electron chi connectivity index (χ0n) is 11.7. The number of rotatable bonds is 2. The van der Waals surface area contributed by atoms with E-state index in [2.05, 4.69) is 22.2 Å². The molecule has 1 saturated carbocycles. The van der Waals surface area contributed by atoms with E-state index >= 15 is 0 Å². The average Bonchev–Trinajstić information content (AvgIpc) is 2.49. The quantitative estimate of drug-likeness (QED) is 0.912. The highest BCUT2D eigenvalue weighted by Gasteiger charge is 2.23. The molecule has 0 radical (unpaired) electrons. The highest BCUT2D eigenvalue weighted by Crippen LogP contribution is 2.23. The first-order chi connectivity index (χ1) is 9.74. The van der Waals surface area contributed by atoms with Crippen LogP contribution < -0.4 is 5.32 Å². The van der Waals surface area contributed by atoms with Crippen LogP contribution in [0.3, 0.4) is 0 Å². The van der Waals surface area contributed by atoms with Crippen LogP contribution in [0.2, 0.25) is 0 Å². The lowest BCUT2D eigenvalue weighted by Gasteiger charge is -2.29. The molecule has 3 rings (SSSR count). The summed E-state index contributed by atoms with van der Waals surface area (Å²) in [5, 5.41) is 3.11. The summed E-state index contributed by atoms with van der Waals surface area (Å²) >= 11 is 0. The van der Waals surface area contributed by atoms with Crippen molar-refractivity contribution in [1.82, 2.24) is 15.3 Å². The van der Waals surface area contributed by atoms with Gasteiger partial charge in [0, 0.05) is 6.04 Å².